The van der Waals surface area contributed by atoms with Gasteiger partial charge in [0.1, 0.15) is 6.10 Å². The summed E-state index contributed by atoms with van der Waals surface area (Å²) in [7, 11) is 1.00. The number of anilines is 2. The van der Waals surface area contributed by atoms with Gasteiger partial charge in [-0.1, -0.05) is 29.4 Å². The first kappa shape index (κ1) is 21.6. The third-order valence-electron chi connectivity index (χ3n) is 4.56. The smallest absolute Gasteiger partial charge is 0.296 e. The van der Waals surface area contributed by atoms with E-state index in [1.165, 1.54) is 11.3 Å². The predicted molar refractivity (Wildman–Crippen MR) is 117 cm³/mol. The van der Waals surface area contributed by atoms with Gasteiger partial charge in [0.15, 0.2) is 5.82 Å². The maximum absolute atomic E-state index is 12.3. The van der Waals surface area contributed by atoms with Crippen molar-refractivity contribution in [1.29, 1.82) is 0 Å². The summed E-state index contributed by atoms with van der Waals surface area (Å²) < 4.78 is 5.93. The molecule has 0 aliphatic carbocycles. The molecule has 1 amide bonds. The van der Waals surface area contributed by atoms with Crippen molar-refractivity contribution in [2.75, 3.05) is 30.4 Å². The van der Waals surface area contributed by atoms with E-state index in [9.17, 15) is 4.79 Å². The number of aliphatic hydroxyl groups excluding tert-OH is 1. The van der Waals surface area contributed by atoms with Crippen LogP contribution in [-0.4, -0.2) is 57.7 Å². The van der Waals surface area contributed by atoms with Gasteiger partial charge in [-0.15, -0.1) is 10.2 Å². The number of rotatable bonds is 6. The maximum atomic E-state index is 12.3. The molecule has 0 saturated carbocycles. The van der Waals surface area contributed by atoms with Crippen molar-refractivity contribution in [3.8, 4) is 5.19 Å². The third-order valence-corrected chi connectivity index (χ3v) is 5.29. The fourth-order valence-corrected chi connectivity index (χ4v) is 3.77. The molecule has 0 radical (unpaired) electrons. The van der Waals surface area contributed by atoms with Gasteiger partial charge in [0.05, 0.1) is 13.0 Å². The van der Waals surface area contributed by atoms with Crippen LogP contribution in [0.25, 0.3) is 0 Å². The van der Waals surface area contributed by atoms with Gasteiger partial charge in [-0.3, -0.25) is 4.79 Å². The molecule has 0 unspecified atom stereocenters. The van der Waals surface area contributed by atoms with E-state index in [0.717, 1.165) is 37.0 Å². The van der Waals surface area contributed by atoms with Gasteiger partial charge in [0.25, 0.3) is 5.19 Å². The number of aromatic nitrogens is 4. The van der Waals surface area contributed by atoms with Crippen LogP contribution in [0.4, 0.5) is 10.9 Å². The Morgan fingerprint density at radius 2 is 2.10 bits per heavy atom. The van der Waals surface area contributed by atoms with Crippen LogP contribution in [0, 0.1) is 6.92 Å². The van der Waals surface area contributed by atoms with E-state index in [1.807, 2.05) is 43.3 Å². The summed E-state index contributed by atoms with van der Waals surface area (Å²) in [6, 6.07) is 11.6. The molecule has 3 aromatic rings. The maximum Gasteiger partial charge on any atom is 0.296 e. The number of nitrogens with zero attached hydrogens (tertiary/aromatic N) is 5. The number of hydrogen-bond donors (Lipinski definition) is 2. The van der Waals surface area contributed by atoms with Crippen LogP contribution in [0.3, 0.4) is 0 Å². The third kappa shape index (κ3) is 5.71. The Balaban J connectivity index is 0.00000111. The van der Waals surface area contributed by atoms with Gasteiger partial charge in [0, 0.05) is 27.7 Å². The number of aryl methyl sites for hydroxylation is 1. The van der Waals surface area contributed by atoms with Crippen molar-refractivity contribution < 1.29 is 16.1 Å². The van der Waals surface area contributed by atoms with Crippen LogP contribution in [0.5, 0.6) is 5.19 Å². The minimum atomic E-state index is -0.119. The van der Waals surface area contributed by atoms with Crippen molar-refractivity contribution in [2.24, 2.45) is 0 Å². The number of hydrogen-bond acceptors (Lipinski definition) is 9. The standard InChI is InChI=1S/C19H20N6O2S.CH4O.H2/c1-13-5-2-3-6-14(13)11-17(26)21-18-23-24-19(28-18)27-15-8-10-25(12-15)16-7-4-9-20-22-16;1-2;/h2-7,9,15H,8,10-12H2,1H3,(H,21,23,26);2H,1H3;1H/t15-;;/m1../s1. The second kappa shape index (κ2) is 10.6. The molecular weight excluding hydrogens is 404 g/mol. The van der Waals surface area contributed by atoms with Crippen LogP contribution < -0.4 is 15.0 Å². The minimum Gasteiger partial charge on any atom is -0.464 e. The molecule has 2 aromatic heterocycles. The summed E-state index contributed by atoms with van der Waals surface area (Å²) in [5.74, 6) is 0.724. The summed E-state index contributed by atoms with van der Waals surface area (Å²) in [5.41, 5.74) is 2.09. The van der Waals surface area contributed by atoms with E-state index in [-0.39, 0.29) is 13.4 Å². The molecule has 1 aliphatic heterocycles. The number of amides is 1. The van der Waals surface area contributed by atoms with Crippen molar-refractivity contribution >= 4 is 28.2 Å². The van der Waals surface area contributed by atoms with Gasteiger partial charge >= 0.3 is 0 Å². The normalized spacial score (nSPS) is 15.3. The highest BCUT2D eigenvalue weighted by Gasteiger charge is 2.26. The Kier molecular flexibility index (Phi) is 7.63. The van der Waals surface area contributed by atoms with Crippen molar-refractivity contribution in [3.63, 3.8) is 0 Å². The highest BCUT2D eigenvalue weighted by atomic mass is 32.1. The number of carbonyl (C=O) groups is 1. The Bertz CT molecular complexity index is 959. The zero-order chi connectivity index (χ0) is 21.3. The molecule has 10 heteroatoms. The van der Waals surface area contributed by atoms with Crippen LogP contribution in [0.15, 0.2) is 42.6 Å². The number of ether oxygens (including phenoxy) is 1. The summed E-state index contributed by atoms with van der Waals surface area (Å²) in [4.78, 5) is 14.4. The van der Waals surface area contributed by atoms with Crippen molar-refractivity contribution in [1.82, 2.24) is 20.4 Å². The zero-order valence-electron chi connectivity index (χ0n) is 16.9. The van der Waals surface area contributed by atoms with Gasteiger partial charge in [-0.05, 0) is 41.5 Å². The van der Waals surface area contributed by atoms with Gasteiger partial charge in [0.2, 0.25) is 11.0 Å². The average Bonchev–Trinajstić information content (AvgIpc) is 3.42. The highest BCUT2D eigenvalue weighted by molar-refractivity contribution is 7.17. The van der Waals surface area contributed by atoms with Crippen molar-refractivity contribution in [2.45, 2.75) is 25.9 Å². The Hall–Kier alpha value is -3.11. The molecule has 30 heavy (non-hydrogen) atoms. The first-order valence-electron chi connectivity index (χ1n) is 9.49. The number of nitrogens with one attached hydrogen (secondary N) is 1. The van der Waals surface area contributed by atoms with Gasteiger partial charge < -0.3 is 20.1 Å². The van der Waals surface area contributed by atoms with E-state index in [4.69, 9.17) is 9.84 Å². The second-order valence-corrected chi connectivity index (χ2v) is 7.52. The molecular formula is C20H26N6O3S. The molecule has 3 heterocycles. The van der Waals surface area contributed by atoms with Crippen LogP contribution >= 0.6 is 11.3 Å². The van der Waals surface area contributed by atoms with E-state index < -0.39 is 0 Å². The molecule has 2 N–H and O–H groups in total. The van der Waals surface area contributed by atoms with E-state index >= 15 is 0 Å². The highest BCUT2D eigenvalue weighted by Crippen LogP contribution is 2.26. The lowest BCUT2D eigenvalue weighted by molar-refractivity contribution is -0.115. The summed E-state index contributed by atoms with van der Waals surface area (Å²) in [5, 5.41) is 26.8. The molecule has 0 bridgehead atoms. The van der Waals surface area contributed by atoms with Crippen LogP contribution in [0.2, 0.25) is 0 Å². The lowest BCUT2D eigenvalue weighted by Gasteiger charge is -2.16. The summed E-state index contributed by atoms with van der Waals surface area (Å²) in [6.45, 7) is 3.56. The fourth-order valence-electron chi connectivity index (χ4n) is 3.09. The van der Waals surface area contributed by atoms with Gasteiger partial charge in [-0.25, -0.2) is 0 Å². The number of benzene rings is 1. The number of aliphatic hydroxyl groups is 1. The van der Waals surface area contributed by atoms with E-state index in [1.54, 1.807) is 6.20 Å². The predicted octanol–water partition coefficient (Wildman–Crippen LogP) is 2.33. The van der Waals surface area contributed by atoms with E-state index in [2.05, 4.69) is 30.6 Å². The SMILES string of the molecule is CO.Cc1ccccc1CC(=O)Nc1nnc(O[C@@H]2CCN(c3cccnn3)C2)s1.[HH]. The first-order valence-corrected chi connectivity index (χ1v) is 10.3. The largest absolute Gasteiger partial charge is 0.464 e. The average molecular weight is 431 g/mol. The van der Waals surface area contributed by atoms with Crippen LogP contribution in [-0.2, 0) is 11.2 Å². The van der Waals surface area contributed by atoms with Crippen LogP contribution in [0.1, 0.15) is 19.0 Å². The monoisotopic (exact) mass is 430 g/mol. The molecule has 4 rings (SSSR count). The fraction of sp³-hybridized carbons (Fsp3) is 0.350. The molecule has 1 atom stereocenters. The molecule has 160 valence electrons. The molecule has 1 aromatic carbocycles. The topological polar surface area (TPSA) is 113 Å². The minimum absolute atomic E-state index is 0. The lowest BCUT2D eigenvalue weighted by atomic mass is 10.1. The Morgan fingerprint density at radius 3 is 2.87 bits per heavy atom. The molecule has 0 spiro atoms. The van der Waals surface area contributed by atoms with Gasteiger partial charge in [-0.2, -0.15) is 5.10 Å². The van der Waals surface area contributed by atoms with Crippen molar-refractivity contribution in [3.05, 3.63) is 53.7 Å². The molecule has 1 aliphatic rings. The van der Waals surface area contributed by atoms with E-state index in [0.29, 0.717) is 23.3 Å². The molecule has 1 fully saturated rings. The Morgan fingerprint density at radius 1 is 1.27 bits per heavy atom. The second-order valence-electron chi connectivity index (χ2n) is 6.58. The number of carbonyl (C=O) groups excluding carboxylic acids is 1. The summed E-state index contributed by atoms with van der Waals surface area (Å²) >= 11 is 1.24. The summed E-state index contributed by atoms with van der Waals surface area (Å²) in [6.07, 6.45) is 2.83. The molecule has 9 nitrogen and oxygen atoms in total. The first-order chi connectivity index (χ1) is 14.7. The zero-order valence-corrected chi connectivity index (χ0v) is 17.7. The molecule has 1 saturated heterocycles. The quantitative estimate of drug-likeness (QED) is 0.613. The lowest BCUT2D eigenvalue weighted by Crippen LogP contribution is -2.25. The Labute approximate surface area is 180 Å².